The molecule has 1 saturated heterocycles. The van der Waals surface area contributed by atoms with Gasteiger partial charge in [0.25, 0.3) is 0 Å². The minimum Gasteiger partial charge on any atom is -0.509 e. The van der Waals surface area contributed by atoms with Crippen LogP contribution in [0.1, 0.15) is 26.7 Å². The maximum atomic E-state index is 9.57. The molecule has 0 amide bonds. The molecule has 0 aromatic heterocycles. The molecule has 1 N–H and O–H groups in total. The van der Waals surface area contributed by atoms with Gasteiger partial charge in [-0.1, -0.05) is 6.58 Å². The summed E-state index contributed by atoms with van der Waals surface area (Å²) < 4.78 is 5.20. The summed E-state index contributed by atoms with van der Waals surface area (Å²) in [6.45, 7) is 8.28. The van der Waals surface area contributed by atoms with E-state index in [1.54, 1.807) is 6.92 Å². The largest absolute Gasteiger partial charge is 0.509 e. The van der Waals surface area contributed by atoms with Crippen LogP contribution in [0.5, 0.6) is 0 Å². The smallest absolute Gasteiger partial charge is 0.198 e. The van der Waals surface area contributed by atoms with Gasteiger partial charge in [0, 0.05) is 18.8 Å². The number of nitrogens with zero attached hydrogens (tertiary/aromatic N) is 2. The Hall–Kier alpha value is -1.45. The molecule has 1 aliphatic heterocycles. The summed E-state index contributed by atoms with van der Waals surface area (Å²) in [5, 5.41) is 9.57. The molecule has 0 spiro atoms. The fraction of sp³-hybridized carbons (Fsp3) is 0.583. The van der Waals surface area contributed by atoms with Crippen LogP contribution in [0.15, 0.2) is 29.3 Å². The molecule has 90 valence electrons. The number of allylic oxidation sites excluding steroid dienone is 1. The maximum Gasteiger partial charge on any atom is 0.198 e. The van der Waals surface area contributed by atoms with Crippen molar-refractivity contribution in [2.75, 3.05) is 13.7 Å². The highest BCUT2D eigenvalue weighted by Crippen LogP contribution is 2.21. The van der Waals surface area contributed by atoms with E-state index in [9.17, 15) is 5.11 Å². The zero-order valence-electron chi connectivity index (χ0n) is 10.2. The molecular weight excluding hydrogens is 204 g/mol. The van der Waals surface area contributed by atoms with E-state index in [2.05, 4.69) is 23.4 Å². The molecule has 0 saturated carbocycles. The van der Waals surface area contributed by atoms with Gasteiger partial charge in [-0.15, -0.1) is 0 Å². The number of aliphatic hydroxyl groups excluding tert-OH is 1. The predicted molar refractivity (Wildman–Crippen MR) is 65.4 cm³/mol. The van der Waals surface area contributed by atoms with Gasteiger partial charge >= 0.3 is 0 Å². The lowest BCUT2D eigenvalue weighted by Gasteiger charge is -2.26. The van der Waals surface area contributed by atoms with Gasteiger partial charge in [0.05, 0.1) is 7.11 Å². The van der Waals surface area contributed by atoms with Crippen LogP contribution in [-0.4, -0.2) is 35.5 Å². The van der Waals surface area contributed by atoms with Gasteiger partial charge < -0.3 is 14.7 Å². The first kappa shape index (κ1) is 12.6. The van der Waals surface area contributed by atoms with Gasteiger partial charge in [-0.05, 0) is 26.7 Å². The molecule has 0 aliphatic carbocycles. The first-order chi connectivity index (χ1) is 7.61. The van der Waals surface area contributed by atoms with Crippen molar-refractivity contribution in [2.45, 2.75) is 32.7 Å². The third-order valence-electron chi connectivity index (χ3n) is 2.77. The Morgan fingerprint density at radius 3 is 2.69 bits per heavy atom. The van der Waals surface area contributed by atoms with Crippen LogP contribution in [0.2, 0.25) is 0 Å². The molecule has 1 rings (SSSR count). The molecule has 1 aliphatic rings. The van der Waals surface area contributed by atoms with Crippen LogP contribution in [0.4, 0.5) is 0 Å². The summed E-state index contributed by atoms with van der Waals surface area (Å²) in [4.78, 5) is 6.35. The zero-order chi connectivity index (χ0) is 12.1. The Morgan fingerprint density at radius 2 is 2.31 bits per heavy atom. The summed E-state index contributed by atoms with van der Waals surface area (Å²) in [5.41, 5.74) is 0. The Bertz CT molecular complexity index is 317. The molecule has 1 fully saturated rings. The van der Waals surface area contributed by atoms with Gasteiger partial charge in [-0.25, -0.2) is 4.99 Å². The molecular formula is C12H20N2O2. The highest BCUT2D eigenvalue weighted by molar-refractivity contribution is 5.97. The molecule has 4 nitrogen and oxygen atoms in total. The van der Waals surface area contributed by atoms with Gasteiger partial charge in [0.15, 0.2) is 11.6 Å². The van der Waals surface area contributed by atoms with E-state index < -0.39 is 0 Å². The summed E-state index contributed by atoms with van der Waals surface area (Å²) in [7, 11) is 1.54. The van der Waals surface area contributed by atoms with Gasteiger partial charge in [-0.3, -0.25) is 0 Å². The summed E-state index contributed by atoms with van der Waals surface area (Å²) in [6.07, 6.45) is 3.75. The van der Waals surface area contributed by atoms with Crippen LogP contribution in [-0.2, 0) is 4.74 Å². The van der Waals surface area contributed by atoms with Crippen LogP contribution < -0.4 is 0 Å². The Labute approximate surface area is 96.9 Å². The molecule has 0 aromatic carbocycles. The molecule has 16 heavy (non-hydrogen) atoms. The van der Waals surface area contributed by atoms with Crippen LogP contribution in [0.3, 0.4) is 0 Å². The average molecular weight is 224 g/mol. The lowest BCUT2D eigenvalue weighted by atomic mass is 10.2. The number of ether oxygens (including phenoxy) is 1. The normalized spacial score (nSPS) is 23.1. The van der Waals surface area contributed by atoms with Crippen LogP contribution in [0, 0.1) is 0 Å². The van der Waals surface area contributed by atoms with E-state index in [1.165, 1.54) is 13.3 Å². The van der Waals surface area contributed by atoms with E-state index in [0.717, 1.165) is 19.4 Å². The third-order valence-corrected chi connectivity index (χ3v) is 2.77. The molecule has 1 heterocycles. The minimum absolute atomic E-state index is 0.141. The summed E-state index contributed by atoms with van der Waals surface area (Å²) >= 11 is 0. The number of rotatable bonds is 3. The van der Waals surface area contributed by atoms with Crippen LogP contribution >= 0.6 is 0 Å². The maximum absolute atomic E-state index is 9.57. The van der Waals surface area contributed by atoms with E-state index in [1.807, 2.05) is 0 Å². The lowest BCUT2D eigenvalue weighted by Crippen LogP contribution is -2.35. The zero-order valence-corrected chi connectivity index (χ0v) is 10.2. The van der Waals surface area contributed by atoms with E-state index in [0.29, 0.717) is 17.6 Å². The number of likely N-dealkylation sites (tertiary alicyclic amines) is 1. The Balaban J connectivity index is 3.04. The van der Waals surface area contributed by atoms with Crippen molar-refractivity contribution in [2.24, 2.45) is 4.99 Å². The molecule has 1 atom stereocenters. The minimum atomic E-state index is 0.141. The van der Waals surface area contributed by atoms with E-state index >= 15 is 0 Å². The van der Waals surface area contributed by atoms with Crippen molar-refractivity contribution in [1.82, 2.24) is 4.90 Å². The SMILES string of the molecule is C=C/N=C(\C(OC)=C(/C)O)N1CCCC1C. The van der Waals surface area contributed by atoms with Crippen molar-refractivity contribution < 1.29 is 9.84 Å². The number of aliphatic imine (C=N–C) groups is 1. The van der Waals surface area contributed by atoms with Crippen molar-refractivity contribution in [1.29, 1.82) is 0 Å². The predicted octanol–water partition coefficient (Wildman–Crippen LogP) is 2.45. The second-order valence-corrected chi connectivity index (χ2v) is 3.94. The first-order valence-electron chi connectivity index (χ1n) is 5.51. The average Bonchev–Trinajstić information content (AvgIpc) is 2.63. The second kappa shape index (κ2) is 5.58. The number of aliphatic hydroxyl groups is 1. The van der Waals surface area contributed by atoms with Crippen LogP contribution in [0.25, 0.3) is 0 Å². The van der Waals surface area contributed by atoms with Gasteiger partial charge in [-0.2, -0.15) is 0 Å². The highest BCUT2D eigenvalue weighted by atomic mass is 16.5. The standard InChI is InChI=1S/C12H20N2O2/c1-5-13-12(11(16-4)10(3)15)14-8-6-7-9(14)2/h5,9,15H,1,6-8H2,2-4H3/b11-10-,13-12+. The van der Waals surface area contributed by atoms with Crippen molar-refractivity contribution in [3.63, 3.8) is 0 Å². The number of hydrogen-bond acceptors (Lipinski definition) is 3. The van der Waals surface area contributed by atoms with Crippen molar-refractivity contribution in [3.8, 4) is 0 Å². The van der Waals surface area contributed by atoms with Gasteiger partial charge in [0.1, 0.15) is 5.76 Å². The van der Waals surface area contributed by atoms with Gasteiger partial charge in [0.2, 0.25) is 0 Å². The molecule has 4 heteroatoms. The van der Waals surface area contributed by atoms with Crippen molar-refractivity contribution in [3.05, 3.63) is 24.3 Å². The molecule has 0 radical (unpaired) electrons. The molecule has 0 aromatic rings. The Kier molecular flexibility index (Phi) is 4.40. The monoisotopic (exact) mass is 224 g/mol. The fourth-order valence-electron chi connectivity index (χ4n) is 2.00. The Morgan fingerprint density at radius 1 is 1.62 bits per heavy atom. The topological polar surface area (TPSA) is 45.1 Å². The first-order valence-corrected chi connectivity index (χ1v) is 5.51. The van der Waals surface area contributed by atoms with E-state index in [4.69, 9.17) is 4.74 Å². The molecule has 0 bridgehead atoms. The lowest BCUT2D eigenvalue weighted by molar-refractivity contribution is 0.263. The third kappa shape index (κ3) is 2.56. The quantitative estimate of drug-likeness (QED) is 0.455. The fourth-order valence-corrected chi connectivity index (χ4v) is 2.00. The second-order valence-electron chi connectivity index (χ2n) is 3.94. The summed E-state index contributed by atoms with van der Waals surface area (Å²) in [5.74, 6) is 1.23. The van der Waals surface area contributed by atoms with Crippen molar-refractivity contribution >= 4 is 5.84 Å². The number of hydrogen-bond donors (Lipinski definition) is 1. The number of amidine groups is 1. The molecule has 1 unspecified atom stereocenters. The van der Waals surface area contributed by atoms with E-state index in [-0.39, 0.29) is 5.76 Å². The highest BCUT2D eigenvalue weighted by Gasteiger charge is 2.27. The number of methoxy groups -OCH3 is 1. The summed E-state index contributed by atoms with van der Waals surface area (Å²) in [6, 6.07) is 0.420.